The molecule has 4 atom stereocenters. The number of aromatic nitrogens is 1. The van der Waals surface area contributed by atoms with Gasteiger partial charge in [-0.15, -0.1) is 0 Å². The first-order chi connectivity index (χ1) is 18.1. The third-order valence-corrected chi connectivity index (χ3v) is 8.12. The van der Waals surface area contributed by atoms with Crippen molar-refractivity contribution in [1.29, 1.82) is 0 Å². The van der Waals surface area contributed by atoms with Crippen LogP contribution in [0.2, 0.25) is 0 Å². The zero-order valence-corrected chi connectivity index (χ0v) is 21.7. The number of benzene rings is 2. The topological polar surface area (TPSA) is 62.7 Å². The van der Waals surface area contributed by atoms with Crippen molar-refractivity contribution in [2.45, 2.75) is 50.5 Å². The first-order valence-corrected chi connectivity index (χ1v) is 13.2. The van der Waals surface area contributed by atoms with Crippen molar-refractivity contribution in [3.63, 3.8) is 0 Å². The van der Waals surface area contributed by atoms with E-state index in [0.717, 1.165) is 16.5 Å². The summed E-state index contributed by atoms with van der Waals surface area (Å²) >= 11 is 0. The number of rotatable bonds is 9. The van der Waals surface area contributed by atoms with Crippen molar-refractivity contribution in [3.8, 4) is 0 Å². The molecule has 0 amide bonds. The monoisotopic (exact) mass is 533 g/mol. The summed E-state index contributed by atoms with van der Waals surface area (Å²) in [5, 5.41) is 21.4. The van der Waals surface area contributed by atoms with E-state index in [2.05, 4.69) is 4.98 Å². The second-order valence-electron chi connectivity index (χ2n) is 11.2. The first-order valence-electron chi connectivity index (χ1n) is 13.2. The molecule has 1 aromatic heterocycles. The molecule has 0 saturated carbocycles. The average molecular weight is 534 g/mol. The number of likely N-dealkylation sites (tertiary alicyclic amines) is 1. The van der Waals surface area contributed by atoms with Crippen LogP contribution in [0.5, 0.6) is 0 Å². The van der Waals surface area contributed by atoms with E-state index >= 15 is 13.2 Å². The van der Waals surface area contributed by atoms with Crippen molar-refractivity contribution >= 4 is 10.9 Å². The van der Waals surface area contributed by atoms with Gasteiger partial charge in [-0.1, -0.05) is 18.2 Å². The molecule has 5 rings (SSSR count). The summed E-state index contributed by atoms with van der Waals surface area (Å²) in [7, 11) is 0. The quantitative estimate of drug-likeness (QED) is 0.345. The molecular weight excluding hydrogens is 498 g/mol. The molecule has 2 aliphatic heterocycles. The van der Waals surface area contributed by atoms with Crippen LogP contribution in [0.1, 0.15) is 54.8 Å². The standard InChI is InChI=1S/C29H35F4N3O2/c1-17-10-21-20-6-3-4-7-24(20)34-26(21)27(36(17)15-29(2,33)16-37)25-22(31)11-18(12-23(25)32)28(38)19-13-35(14-19)9-5-8-30/h3-4,6-7,11-12,17,19,27-28,34,37-38H,5,8-10,13-16H2,1-2H3/t17-,27-,28?,29?/m1/s1. The van der Waals surface area contributed by atoms with Gasteiger partial charge in [-0.2, -0.15) is 0 Å². The molecule has 9 heteroatoms. The Kier molecular flexibility index (Phi) is 7.57. The lowest BCUT2D eigenvalue weighted by atomic mass is 9.85. The lowest BCUT2D eigenvalue weighted by Gasteiger charge is -2.43. The Bertz CT molecular complexity index is 1270. The summed E-state index contributed by atoms with van der Waals surface area (Å²) in [4.78, 5) is 7.04. The Morgan fingerprint density at radius 2 is 1.84 bits per heavy atom. The van der Waals surface area contributed by atoms with Crippen LogP contribution in [-0.2, 0) is 6.42 Å². The SMILES string of the molecule is C[C@@H]1Cc2c([nH]c3ccccc23)[C@@H](c2c(F)cc(C(O)C3CN(CCCF)C3)cc2F)N1CC(C)(F)CO. The van der Waals surface area contributed by atoms with Crippen LogP contribution < -0.4 is 0 Å². The van der Waals surface area contributed by atoms with Crippen molar-refractivity contribution in [2.24, 2.45) is 5.92 Å². The van der Waals surface area contributed by atoms with Crippen LogP contribution in [0.15, 0.2) is 36.4 Å². The molecule has 0 aliphatic carbocycles. The van der Waals surface area contributed by atoms with Crippen molar-refractivity contribution in [3.05, 3.63) is 70.4 Å². The zero-order chi connectivity index (χ0) is 27.2. The van der Waals surface area contributed by atoms with Crippen LogP contribution in [0, 0.1) is 17.6 Å². The van der Waals surface area contributed by atoms with E-state index in [0.29, 0.717) is 38.2 Å². The van der Waals surface area contributed by atoms with Crippen LogP contribution in [0.3, 0.4) is 0 Å². The highest BCUT2D eigenvalue weighted by Crippen LogP contribution is 2.44. The van der Waals surface area contributed by atoms with Crippen molar-refractivity contribution < 1.29 is 27.8 Å². The second kappa shape index (κ2) is 10.6. The molecule has 3 N–H and O–H groups in total. The lowest BCUT2D eigenvalue weighted by Crippen LogP contribution is -2.50. The highest BCUT2D eigenvalue weighted by molar-refractivity contribution is 5.85. The largest absolute Gasteiger partial charge is 0.393 e. The molecule has 0 bridgehead atoms. The summed E-state index contributed by atoms with van der Waals surface area (Å²) < 4.78 is 59.3. The fourth-order valence-electron chi connectivity index (χ4n) is 6.08. The lowest BCUT2D eigenvalue weighted by molar-refractivity contribution is -0.00647. The van der Waals surface area contributed by atoms with Gasteiger partial charge in [0.2, 0.25) is 0 Å². The molecule has 3 heterocycles. The molecular formula is C29H35F4N3O2. The summed E-state index contributed by atoms with van der Waals surface area (Å²) in [6.45, 7) is 3.49. The summed E-state index contributed by atoms with van der Waals surface area (Å²) in [5.41, 5.74) is 0.328. The van der Waals surface area contributed by atoms with Crippen molar-refractivity contribution in [2.75, 3.05) is 39.5 Å². The van der Waals surface area contributed by atoms with Gasteiger partial charge >= 0.3 is 0 Å². The van der Waals surface area contributed by atoms with E-state index in [-0.39, 0.29) is 29.6 Å². The molecule has 0 radical (unpaired) electrons. The first kappa shape index (κ1) is 27.1. The third kappa shape index (κ3) is 4.97. The Morgan fingerprint density at radius 3 is 2.50 bits per heavy atom. The minimum absolute atomic E-state index is 0.150. The maximum Gasteiger partial charge on any atom is 0.143 e. The Labute approximate surface area is 220 Å². The predicted molar refractivity (Wildman–Crippen MR) is 138 cm³/mol. The number of H-pyrrole nitrogens is 1. The Balaban J connectivity index is 1.53. The smallest absolute Gasteiger partial charge is 0.143 e. The predicted octanol–water partition coefficient (Wildman–Crippen LogP) is 4.83. The van der Waals surface area contributed by atoms with Crippen molar-refractivity contribution in [1.82, 2.24) is 14.8 Å². The van der Waals surface area contributed by atoms with Gasteiger partial charge in [0, 0.05) is 60.3 Å². The van der Waals surface area contributed by atoms with Gasteiger partial charge in [-0.3, -0.25) is 9.29 Å². The van der Waals surface area contributed by atoms with Crippen LogP contribution in [0.4, 0.5) is 17.6 Å². The molecule has 1 fully saturated rings. The van der Waals surface area contributed by atoms with E-state index in [9.17, 15) is 14.6 Å². The van der Waals surface area contributed by atoms with Crippen LogP contribution in [0.25, 0.3) is 10.9 Å². The molecule has 38 heavy (non-hydrogen) atoms. The van der Waals surface area contributed by atoms with Gasteiger partial charge < -0.3 is 20.1 Å². The van der Waals surface area contributed by atoms with E-state index in [1.165, 1.54) is 19.1 Å². The zero-order valence-electron chi connectivity index (χ0n) is 21.7. The number of para-hydroxylation sites is 1. The normalized spacial score (nSPS) is 23.3. The second-order valence-corrected chi connectivity index (χ2v) is 11.2. The molecule has 206 valence electrons. The highest BCUT2D eigenvalue weighted by atomic mass is 19.1. The molecule has 3 aromatic rings. The van der Waals surface area contributed by atoms with Gasteiger partial charge in [0.25, 0.3) is 0 Å². The third-order valence-electron chi connectivity index (χ3n) is 8.12. The van der Waals surface area contributed by atoms with E-state index in [1.54, 1.807) is 4.90 Å². The number of halogens is 4. The molecule has 1 saturated heterocycles. The van der Waals surface area contributed by atoms with E-state index in [1.807, 2.05) is 36.1 Å². The average Bonchev–Trinajstić information content (AvgIpc) is 3.22. The molecule has 2 unspecified atom stereocenters. The number of aromatic amines is 1. The maximum absolute atomic E-state index is 15.9. The number of nitrogens with one attached hydrogen (secondary N) is 1. The number of nitrogens with zero attached hydrogens (tertiary/aromatic N) is 2. The molecule has 5 nitrogen and oxygen atoms in total. The number of fused-ring (bicyclic) bond motifs is 3. The number of hydrogen-bond acceptors (Lipinski definition) is 4. The van der Waals surface area contributed by atoms with Gasteiger partial charge in [-0.25, -0.2) is 13.2 Å². The minimum Gasteiger partial charge on any atom is -0.393 e. The molecule has 0 spiro atoms. The fraction of sp³-hybridized carbons (Fsp3) is 0.517. The maximum atomic E-state index is 15.9. The number of aliphatic hydroxyl groups excluding tert-OH is 2. The summed E-state index contributed by atoms with van der Waals surface area (Å²) in [6, 6.07) is 8.77. The van der Waals surface area contributed by atoms with Gasteiger partial charge in [-0.05, 0) is 56.0 Å². The fourth-order valence-corrected chi connectivity index (χ4v) is 6.08. The summed E-state index contributed by atoms with van der Waals surface area (Å²) in [6.07, 6.45) is -0.0813. The van der Waals surface area contributed by atoms with E-state index < -0.39 is 42.7 Å². The number of aliphatic hydroxyl groups is 2. The van der Waals surface area contributed by atoms with Gasteiger partial charge in [0.1, 0.15) is 17.3 Å². The van der Waals surface area contributed by atoms with Crippen LogP contribution >= 0.6 is 0 Å². The number of hydrogen-bond donors (Lipinski definition) is 3. The van der Waals surface area contributed by atoms with Crippen LogP contribution in [-0.4, -0.2) is 76.2 Å². The minimum atomic E-state index is -1.97. The van der Waals surface area contributed by atoms with Gasteiger partial charge in [0.05, 0.1) is 25.4 Å². The molecule has 2 aromatic carbocycles. The van der Waals surface area contributed by atoms with Gasteiger partial charge in [0.15, 0.2) is 0 Å². The Morgan fingerprint density at radius 1 is 1.16 bits per heavy atom. The Hall–Kier alpha value is -2.46. The highest BCUT2D eigenvalue weighted by Gasteiger charge is 2.42. The number of alkyl halides is 2. The summed E-state index contributed by atoms with van der Waals surface area (Å²) in [5.74, 6) is -1.82. The molecule has 2 aliphatic rings. The van der Waals surface area contributed by atoms with E-state index in [4.69, 9.17) is 0 Å².